The van der Waals surface area contributed by atoms with Gasteiger partial charge in [-0.2, -0.15) is 0 Å². The van der Waals surface area contributed by atoms with Crippen LogP contribution in [0.3, 0.4) is 0 Å². The predicted octanol–water partition coefficient (Wildman–Crippen LogP) is 13.2. The third-order valence-corrected chi connectivity index (χ3v) is 10.4. The zero-order valence-corrected chi connectivity index (χ0v) is 41.8. The summed E-state index contributed by atoms with van der Waals surface area (Å²) in [6.07, 6.45) is 21.1. The number of hydrogen-bond acceptors (Lipinski definition) is 8. The molecule has 0 bridgehead atoms. The van der Waals surface area contributed by atoms with Gasteiger partial charge >= 0.3 is 0 Å². The first-order valence-electron chi connectivity index (χ1n) is 20.5. The quantitative estimate of drug-likeness (QED) is 0.145. The van der Waals surface area contributed by atoms with E-state index in [1.807, 2.05) is 158 Å². The second kappa shape index (κ2) is 25.0. The second-order valence-corrected chi connectivity index (χ2v) is 15.0. The number of aromatic nitrogens is 8. The fourth-order valence-electron chi connectivity index (χ4n) is 6.71. The van der Waals surface area contributed by atoms with E-state index in [4.69, 9.17) is 41.0 Å². The van der Waals surface area contributed by atoms with Crippen LogP contribution in [-0.2, 0) is 42.1 Å². The topological polar surface area (TPSA) is 103 Å². The van der Waals surface area contributed by atoms with E-state index in [2.05, 4.69) is 46.7 Å². The van der Waals surface area contributed by atoms with E-state index in [-0.39, 0.29) is 42.1 Å². The van der Waals surface area contributed by atoms with Gasteiger partial charge in [0.15, 0.2) is 0 Å². The van der Waals surface area contributed by atoms with Crippen molar-refractivity contribution in [2.24, 2.45) is 0 Å². The Bertz CT molecular complexity index is 3150. The van der Waals surface area contributed by atoms with E-state index in [1.54, 1.807) is 49.3 Å². The maximum atomic E-state index is 6.82. The summed E-state index contributed by atoms with van der Waals surface area (Å²) in [4.78, 5) is 36.2. The van der Waals surface area contributed by atoms with E-state index in [1.165, 1.54) is 0 Å². The minimum atomic E-state index is 0. The fourth-order valence-corrected chi connectivity index (χ4v) is 7.21. The van der Waals surface area contributed by atoms with Crippen LogP contribution in [0, 0.1) is 24.7 Å². The van der Waals surface area contributed by atoms with Crippen molar-refractivity contribution < 1.29 is 42.1 Å². The minimum Gasteiger partial charge on any atom is -0.256 e. The molecule has 12 heteroatoms. The standard InChI is InChI=1S/C25H16ClN5.C16H10.C15H10ClN3.2Pt/c26-18-16-22(20-10-2-5-13-28-20)31-25(23(18)21-11-3-6-14-29-21)24-17(8-7-15-30-24)19-9-1-4-12-27-19;1-3-13-5-9-15(10-6-13)16-11-7-14(4-2)8-12-16;16-11-9-14(12-5-1-3-7-17-12)19-15(10-11)13-6-2-4-8-18-13;;/h1-16H;1-2,5-12H;1-10H;;. The van der Waals surface area contributed by atoms with Crippen molar-refractivity contribution in [3.63, 3.8) is 0 Å². The molecule has 0 spiro atoms. The number of hydrogen-bond donors (Lipinski definition) is 0. The van der Waals surface area contributed by atoms with E-state index in [9.17, 15) is 0 Å². The molecule has 0 saturated heterocycles. The van der Waals surface area contributed by atoms with Crippen molar-refractivity contribution in [2.75, 3.05) is 0 Å². The van der Waals surface area contributed by atoms with Gasteiger partial charge in [-0.3, -0.25) is 29.9 Å². The molecule has 68 heavy (non-hydrogen) atoms. The summed E-state index contributed by atoms with van der Waals surface area (Å²) in [6, 6.07) is 53.7. The Kier molecular flexibility index (Phi) is 18.4. The molecule has 0 saturated carbocycles. The SMILES string of the molecule is C#Cc1ccc(-c2ccc(C#C)cc2)cc1.Clc1cc(-c2ccccn2)nc(-c2ccccn2)c1.Clc1cc(-c2ccccn2)nc(-c2ncccc2-c2ccccn2)c1-c1ccccn1.[Pt].[Pt]. The van der Waals surface area contributed by atoms with Crippen LogP contribution in [0.4, 0.5) is 0 Å². The molecular formula is C56H36Cl2N8Pt2. The van der Waals surface area contributed by atoms with E-state index in [0.29, 0.717) is 27.1 Å². The van der Waals surface area contributed by atoms with Crippen molar-refractivity contribution >= 4 is 23.2 Å². The number of terminal acetylenes is 2. The Balaban J connectivity index is 0.000000177. The molecule has 0 amide bonds. The summed E-state index contributed by atoms with van der Waals surface area (Å²) in [5.74, 6) is 5.19. The first kappa shape index (κ1) is 50.1. The minimum absolute atomic E-state index is 0. The number of nitrogens with zero attached hydrogens (tertiary/aromatic N) is 8. The third kappa shape index (κ3) is 12.8. The van der Waals surface area contributed by atoms with Gasteiger partial charge in [-0.15, -0.1) is 12.8 Å². The normalized spacial score (nSPS) is 9.94. The van der Waals surface area contributed by atoms with Crippen LogP contribution < -0.4 is 0 Å². The molecule has 334 valence electrons. The molecule has 0 aliphatic rings. The van der Waals surface area contributed by atoms with Gasteiger partial charge in [0, 0.05) is 107 Å². The van der Waals surface area contributed by atoms with Gasteiger partial charge in [-0.05, 0) is 126 Å². The van der Waals surface area contributed by atoms with Gasteiger partial charge in [0.1, 0.15) is 5.69 Å². The van der Waals surface area contributed by atoms with Crippen molar-refractivity contribution in [3.05, 3.63) is 228 Å². The molecule has 10 rings (SSSR count). The zero-order valence-electron chi connectivity index (χ0n) is 35.8. The van der Waals surface area contributed by atoms with Crippen LogP contribution in [0.1, 0.15) is 11.1 Å². The number of rotatable bonds is 7. The molecule has 8 aromatic heterocycles. The predicted molar refractivity (Wildman–Crippen MR) is 266 cm³/mol. The fraction of sp³-hybridized carbons (Fsp3) is 0. The molecule has 0 N–H and O–H groups in total. The average molecular weight is 1280 g/mol. The van der Waals surface area contributed by atoms with Crippen molar-refractivity contribution in [3.8, 4) is 104 Å². The molecule has 10 aromatic rings. The Morgan fingerprint density at radius 3 is 1.16 bits per heavy atom. The molecular weight excluding hydrogens is 1250 g/mol. The molecule has 0 aliphatic carbocycles. The summed E-state index contributed by atoms with van der Waals surface area (Å²) in [5, 5.41) is 1.15. The van der Waals surface area contributed by atoms with Crippen molar-refractivity contribution in [1.29, 1.82) is 0 Å². The average Bonchev–Trinajstić information content (AvgIpc) is 3.40. The van der Waals surface area contributed by atoms with Crippen LogP contribution in [0.2, 0.25) is 10.0 Å². The maximum Gasteiger partial charge on any atom is 0.101 e. The zero-order chi connectivity index (χ0) is 45.5. The van der Waals surface area contributed by atoms with Crippen LogP contribution in [-0.4, -0.2) is 39.9 Å². The Morgan fingerprint density at radius 1 is 0.353 bits per heavy atom. The van der Waals surface area contributed by atoms with Gasteiger partial charge in [0.2, 0.25) is 0 Å². The Hall–Kier alpha value is -7.28. The molecule has 0 atom stereocenters. The van der Waals surface area contributed by atoms with E-state index in [0.717, 1.165) is 73.2 Å². The first-order chi connectivity index (χ1) is 32.5. The summed E-state index contributed by atoms with van der Waals surface area (Å²) in [5.41, 5.74) is 13.0. The van der Waals surface area contributed by atoms with Crippen LogP contribution in [0.25, 0.3) is 79.2 Å². The third-order valence-electron chi connectivity index (χ3n) is 9.87. The molecule has 2 aromatic carbocycles. The Labute approximate surface area is 434 Å². The van der Waals surface area contributed by atoms with Crippen molar-refractivity contribution in [1.82, 2.24) is 39.9 Å². The summed E-state index contributed by atoms with van der Waals surface area (Å²) < 4.78 is 0. The van der Waals surface area contributed by atoms with Crippen LogP contribution in [0.15, 0.2) is 207 Å². The summed E-state index contributed by atoms with van der Waals surface area (Å²) >= 11 is 13.0. The number of halogens is 2. The van der Waals surface area contributed by atoms with E-state index >= 15 is 0 Å². The summed E-state index contributed by atoms with van der Waals surface area (Å²) in [6.45, 7) is 0. The summed E-state index contributed by atoms with van der Waals surface area (Å²) in [7, 11) is 0. The largest absolute Gasteiger partial charge is 0.256 e. The van der Waals surface area contributed by atoms with Crippen molar-refractivity contribution in [2.45, 2.75) is 0 Å². The molecule has 8 nitrogen and oxygen atoms in total. The maximum absolute atomic E-state index is 6.82. The van der Waals surface area contributed by atoms with Crippen LogP contribution >= 0.6 is 23.2 Å². The van der Waals surface area contributed by atoms with Crippen LogP contribution in [0.5, 0.6) is 0 Å². The van der Waals surface area contributed by atoms with Gasteiger partial charge in [-0.1, -0.05) is 89.6 Å². The second-order valence-electron chi connectivity index (χ2n) is 14.2. The van der Waals surface area contributed by atoms with Gasteiger partial charge in [-0.25, -0.2) is 9.97 Å². The monoisotopic (exact) mass is 1280 g/mol. The molecule has 0 unspecified atom stereocenters. The smallest absolute Gasteiger partial charge is 0.101 e. The number of pyridine rings is 8. The number of benzene rings is 2. The van der Waals surface area contributed by atoms with Gasteiger partial charge < -0.3 is 0 Å². The molecule has 0 fully saturated rings. The molecule has 0 aliphatic heterocycles. The first-order valence-corrected chi connectivity index (χ1v) is 21.3. The van der Waals surface area contributed by atoms with E-state index < -0.39 is 0 Å². The van der Waals surface area contributed by atoms with Gasteiger partial charge in [0.25, 0.3) is 0 Å². The van der Waals surface area contributed by atoms with Gasteiger partial charge in [0.05, 0.1) is 56.3 Å². The molecule has 8 heterocycles. The molecule has 0 radical (unpaired) electrons. The Morgan fingerprint density at radius 2 is 0.750 bits per heavy atom.